The predicted molar refractivity (Wildman–Crippen MR) is 107 cm³/mol. The van der Waals surface area contributed by atoms with Crippen LogP contribution in [0, 0.1) is 6.92 Å². The summed E-state index contributed by atoms with van der Waals surface area (Å²) in [6, 6.07) is 18.5. The van der Waals surface area contributed by atoms with Crippen LogP contribution < -0.4 is 5.90 Å². The van der Waals surface area contributed by atoms with Gasteiger partial charge in [-0.1, -0.05) is 48.0 Å². The second kappa shape index (κ2) is 6.99. The minimum absolute atomic E-state index is 0.113. The zero-order chi connectivity index (χ0) is 18.1. The Morgan fingerprint density at radius 1 is 1.12 bits per heavy atom. The van der Waals surface area contributed by atoms with Crippen molar-refractivity contribution in [3.63, 3.8) is 0 Å². The van der Waals surface area contributed by atoms with E-state index in [1.807, 2.05) is 43.3 Å². The van der Waals surface area contributed by atoms with E-state index in [0.29, 0.717) is 0 Å². The fourth-order valence-electron chi connectivity index (χ4n) is 2.77. The van der Waals surface area contributed by atoms with Crippen molar-refractivity contribution in [3.8, 4) is 21.1 Å². The number of thiazole rings is 1. The molecule has 0 radical (unpaired) electrons. The van der Waals surface area contributed by atoms with E-state index in [1.54, 1.807) is 11.3 Å². The molecule has 0 saturated heterocycles. The number of carbonyl (C=O) groups excluding carboxylic acids is 1. The van der Waals surface area contributed by atoms with Gasteiger partial charge in [0, 0.05) is 15.1 Å². The lowest BCUT2D eigenvalue weighted by Gasteiger charge is -2.02. The lowest BCUT2D eigenvalue weighted by molar-refractivity contribution is -0.143. The maximum absolute atomic E-state index is 11.7. The molecule has 2 aromatic heterocycles. The first-order valence-corrected chi connectivity index (χ1v) is 9.72. The first-order chi connectivity index (χ1) is 12.6. The normalized spacial score (nSPS) is 11.0. The number of carbonyl (C=O) groups is 1. The van der Waals surface area contributed by atoms with Crippen molar-refractivity contribution in [1.82, 2.24) is 4.98 Å². The molecule has 2 heterocycles. The molecule has 2 aromatic carbocycles. The number of rotatable bonds is 4. The average molecular weight is 380 g/mol. The molecule has 0 aliphatic rings. The zero-order valence-corrected chi connectivity index (χ0v) is 15.7. The minimum atomic E-state index is -0.468. The minimum Gasteiger partial charge on any atom is -0.373 e. The maximum atomic E-state index is 11.7. The topological polar surface area (TPSA) is 65.2 Å². The van der Waals surface area contributed by atoms with E-state index in [0.717, 1.165) is 26.0 Å². The predicted octanol–water partition coefficient (Wildman–Crippen LogP) is 4.96. The third-order valence-electron chi connectivity index (χ3n) is 4.09. The molecule has 4 rings (SSSR count). The molecule has 0 spiro atoms. The smallest absolute Gasteiger partial charge is 0.329 e. The summed E-state index contributed by atoms with van der Waals surface area (Å²) in [4.78, 5) is 22.9. The summed E-state index contributed by atoms with van der Waals surface area (Å²) in [5.41, 5.74) is 2.98. The number of thiophene rings is 1. The molecule has 0 saturated carbocycles. The molecular weight excluding hydrogens is 364 g/mol. The lowest BCUT2D eigenvalue weighted by atomic mass is 10.1. The van der Waals surface area contributed by atoms with E-state index in [2.05, 4.69) is 23.0 Å². The zero-order valence-electron chi connectivity index (χ0n) is 14.1. The molecule has 26 heavy (non-hydrogen) atoms. The number of aryl methyl sites for hydroxylation is 1. The fraction of sp³-hybridized carbons (Fsp3) is 0.100. The molecule has 0 bridgehead atoms. The van der Waals surface area contributed by atoms with Gasteiger partial charge in [-0.05, 0) is 24.4 Å². The number of aromatic nitrogens is 1. The van der Waals surface area contributed by atoms with E-state index in [1.165, 1.54) is 27.0 Å². The van der Waals surface area contributed by atoms with Gasteiger partial charge in [0.1, 0.15) is 5.01 Å². The summed E-state index contributed by atoms with van der Waals surface area (Å²) >= 11 is 3.22. The highest BCUT2D eigenvalue weighted by Crippen LogP contribution is 2.39. The highest BCUT2D eigenvalue weighted by Gasteiger charge is 2.18. The quantitative estimate of drug-likeness (QED) is 0.508. The Bertz CT molecular complexity index is 1050. The summed E-state index contributed by atoms with van der Waals surface area (Å²) in [6.45, 7) is 2.04. The molecule has 4 aromatic rings. The highest BCUT2D eigenvalue weighted by atomic mass is 32.1. The van der Waals surface area contributed by atoms with Crippen molar-refractivity contribution in [3.05, 3.63) is 65.0 Å². The third kappa shape index (κ3) is 3.26. The number of hydrogen-bond acceptors (Lipinski definition) is 6. The molecule has 2 N–H and O–H groups in total. The Morgan fingerprint density at radius 2 is 1.88 bits per heavy atom. The van der Waals surface area contributed by atoms with E-state index in [9.17, 15) is 4.79 Å². The second-order valence-electron chi connectivity index (χ2n) is 5.97. The van der Waals surface area contributed by atoms with Gasteiger partial charge in [0.15, 0.2) is 0 Å². The van der Waals surface area contributed by atoms with E-state index < -0.39 is 5.97 Å². The van der Waals surface area contributed by atoms with Gasteiger partial charge < -0.3 is 4.84 Å². The summed E-state index contributed by atoms with van der Waals surface area (Å²) in [6.07, 6.45) is 0.113. The van der Waals surface area contributed by atoms with Gasteiger partial charge >= 0.3 is 5.97 Å². The second-order valence-corrected chi connectivity index (χ2v) is 8.14. The molecule has 130 valence electrons. The molecule has 0 atom stereocenters. The Hall–Kier alpha value is -2.54. The van der Waals surface area contributed by atoms with Crippen molar-refractivity contribution < 1.29 is 9.63 Å². The summed E-state index contributed by atoms with van der Waals surface area (Å²) in [5.74, 6) is 4.57. The van der Waals surface area contributed by atoms with Gasteiger partial charge in [-0.2, -0.15) is 5.90 Å². The van der Waals surface area contributed by atoms with Crippen molar-refractivity contribution in [2.24, 2.45) is 5.90 Å². The van der Waals surface area contributed by atoms with Crippen LogP contribution in [0.25, 0.3) is 31.2 Å². The van der Waals surface area contributed by atoms with Crippen molar-refractivity contribution >= 4 is 38.7 Å². The molecule has 0 amide bonds. The summed E-state index contributed by atoms with van der Waals surface area (Å²) < 4.78 is 1.22. The highest BCUT2D eigenvalue weighted by molar-refractivity contribution is 7.26. The van der Waals surface area contributed by atoms with Gasteiger partial charge in [-0.3, -0.25) is 0 Å². The number of benzene rings is 2. The molecule has 0 unspecified atom stereocenters. The van der Waals surface area contributed by atoms with Crippen molar-refractivity contribution in [2.45, 2.75) is 13.3 Å². The average Bonchev–Trinajstić information content (AvgIpc) is 3.26. The Labute approximate surface area is 158 Å². The Balaban J connectivity index is 1.81. The van der Waals surface area contributed by atoms with Gasteiger partial charge in [-0.25, -0.2) is 9.78 Å². The van der Waals surface area contributed by atoms with Crippen LogP contribution in [0.4, 0.5) is 0 Å². The van der Waals surface area contributed by atoms with Gasteiger partial charge in [0.05, 0.1) is 17.0 Å². The largest absolute Gasteiger partial charge is 0.373 e. The number of hydrogen-bond donors (Lipinski definition) is 1. The van der Waals surface area contributed by atoms with E-state index in [-0.39, 0.29) is 6.42 Å². The fourth-order valence-corrected chi connectivity index (χ4v) is 4.95. The SMILES string of the molecule is Cc1ccc(-c2nc(-c3cc4ccccc4s3)sc2CC(=O)ON)cc1. The molecule has 0 fully saturated rings. The van der Waals surface area contributed by atoms with Crippen LogP contribution in [-0.4, -0.2) is 11.0 Å². The maximum Gasteiger partial charge on any atom is 0.329 e. The van der Waals surface area contributed by atoms with Crippen LogP contribution in [0.5, 0.6) is 0 Å². The molecule has 4 nitrogen and oxygen atoms in total. The van der Waals surface area contributed by atoms with Crippen LogP contribution in [0.15, 0.2) is 54.6 Å². The van der Waals surface area contributed by atoms with Gasteiger partial charge in [0.25, 0.3) is 0 Å². The number of nitrogens with zero attached hydrogens (tertiary/aromatic N) is 1. The third-order valence-corrected chi connectivity index (χ3v) is 6.44. The molecule has 6 heteroatoms. The first-order valence-electron chi connectivity index (χ1n) is 8.09. The Kier molecular flexibility index (Phi) is 4.55. The van der Waals surface area contributed by atoms with Crippen molar-refractivity contribution in [2.75, 3.05) is 0 Å². The van der Waals surface area contributed by atoms with Crippen molar-refractivity contribution in [1.29, 1.82) is 0 Å². The number of nitrogens with two attached hydrogens (primary N) is 1. The molecular formula is C20H16N2O2S2. The summed E-state index contributed by atoms with van der Waals surface area (Å²) in [7, 11) is 0. The first kappa shape index (κ1) is 16.9. The van der Waals surface area contributed by atoms with Gasteiger partial charge in [-0.15, -0.1) is 22.7 Å². The molecule has 0 aliphatic heterocycles. The summed E-state index contributed by atoms with van der Waals surface area (Å²) in [5, 5.41) is 2.10. The van der Waals surface area contributed by atoms with E-state index >= 15 is 0 Å². The lowest BCUT2D eigenvalue weighted by Crippen LogP contribution is -2.12. The van der Waals surface area contributed by atoms with Crippen LogP contribution in [0.3, 0.4) is 0 Å². The van der Waals surface area contributed by atoms with Crippen LogP contribution in [0.1, 0.15) is 10.4 Å². The monoisotopic (exact) mass is 380 g/mol. The standard InChI is InChI=1S/C20H16N2O2S2/c1-12-6-8-13(9-7-12)19-16(11-18(23)24-21)26-20(22-19)17-10-14-4-2-3-5-15(14)25-17/h2-10H,11,21H2,1H3. The van der Waals surface area contributed by atoms with Crippen LogP contribution in [0.2, 0.25) is 0 Å². The molecule has 0 aliphatic carbocycles. The van der Waals surface area contributed by atoms with Crippen LogP contribution >= 0.6 is 22.7 Å². The Morgan fingerprint density at radius 3 is 2.62 bits per heavy atom. The number of fused-ring (bicyclic) bond motifs is 1. The van der Waals surface area contributed by atoms with E-state index in [4.69, 9.17) is 10.9 Å². The van der Waals surface area contributed by atoms with Crippen LogP contribution in [-0.2, 0) is 16.1 Å². The van der Waals surface area contributed by atoms with Gasteiger partial charge in [0.2, 0.25) is 0 Å².